The highest BCUT2D eigenvalue weighted by Gasteiger charge is 2.21. The monoisotopic (exact) mass is 422 g/mol. The average molecular weight is 423 g/mol. The van der Waals surface area contributed by atoms with Gasteiger partial charge in [0.05, 0.1) is 17.0 Å². The first-order valence-corrected chi connectivity index (χ1v) is 11.0. The zero-order valence-corrected chi connectivity index (χ0v) is 17.1. The molecule has 0 spiro atoms. The van der Waals surface area contributed by atoms with E-state index < -0.39 is 10.0 Å². The molecular weight excluding hydrogens is 400 g/mol. The fourth-order valence-electron chi connectivity index (χ4n) is 3.06. The lowest BCUT2D eigenvalue weighted by atomic mass is 10.1. The molecule has 0 aromatic heterocycles. The van der Waals surface area contributed by atoms with Crippen LogP contribution in [0.5, 0.6) is 0 Å². The minimum absolute atomic E-state index is 0.0777. The molecule has 0 aliphatic carbocycles. The average Bonchev–Trinajstić information content (AvgIpc) is 3.20. The standard InChI is InChI=1S/C20H23ClN2O4S/c1-14(18-6-2-3-7-19(18)21)23-20(24)15-8-10-17(11-9-15)28(25,26)22-13-16-5-4-12-27-16/h2-3,6-11,14,16,22H,4-5,12-13H2,1H3,(H,23,24)/t14-,16+/m0/s1. The van der Waals surface area contributed by atoms with E-state index >= 15 is 0 Å². The Kier molecular flexibility index (Phi) is 6.72. The first-order chi connectivity index (χ1) is 13.4. The van der Waals surface area contributed by atoms with Crippen LogP contribution in [-0.4, -0.2) is 33.6 Å². The smallest absolute Gasteiger partial charge is 0.251 e. The number of nitrogens with one attached hydrogen (secondary N) is 2. The third-order valence-corrected chi connectivity index (χ3v) is 6.45. The van der Waals surface area contributed by atoms with Crippen molar-refractivity contribution < 1.29 is 17.9 Å². The van der Waals surface area contributed by atoms with E-state index in [1.807, 2.05) is 25.1 Å². The minimum atomic E-state index is -3.64. The van der Waals surface area contributed by atoms with E-state index in [0.717, 1.165) is 18.4 Å². The molecule has 6 nitrogen and oxygen atoms in total. The zero-order valence-electron chi connectivity index (χ0n) is 15.5. The Hall–Kier alpha value is -1.93. The van der Waals surface area contributed by atoms with Crippen molar-refractivity contribution in [3.63, 3.8) is 0 Å². The normalized spacial score (nSPS) is 18.0. The van der Waals surface area contributed by atoms with E-state index in [0.29, 0.717) is 17.2 Å². The van der Waals surface area contributed by atoms with Crippen LogP contribution in [0.25, 0.3) is 0 Å². The molecule has 3 rings (SSSR count). The summed E-state index contributed by atoms with van der Waals surface area (Å²) in [5.41, 5.74) is 1.19. The fourth-order valence-corrected chi connectivity index (χ4v) is 4.43. The molecule has 1 aliphatic rings. The van der Waals surface area contributed by atoms with Crippen LogP contribution in [-0.2, 0) is 14.8 Å². The van der Waals surface area contributed by atoms with Gasteiger partial charge in [-0.15, -0.1) is 0 Å². The molecule has 0 unspecified atom stereocenters. The number of hydrogen-bond acceptors (Lipinski definition) is 4. The van der Waals surface area contributed by atoms with Crippen LogP contribution in [0.4, 0.5) is 0 Å². The van der Waals surface area contributed by atoms with Gasteiger partial charge in [-0.2, -0.15) is 0 Å². The highest BCUT2D eigenvalue weighted by atomic mass is 35.5. The Morgan fingerprint density at radius 2 is 1.93 bits per heavy atom. The van der Waals surface area contributed by atoms with Gasteiger partial charge in [-0.25, -0.2) is 13.1 Å². The quantitative estimate of drug-likeness (QED) is 0.717. The van der Waals surface area contributed by atoms with Gasteiger partial charge < -0.3 is 10.1 Å². The van der Waals surface area contributed by atoms with Crippen molar-refractivity contribution in [1.29, 1.82) is 0 Å². The van der Waals surface area contributed by atoms with E-state index in [9.17, 15) is 13.2 Å². The number of carbonyl (C=O) groups is 1. The fraction of sp³-hybridized carbons (Fsp3) is 0.350. The largest absolute Gasteiger partial charge is 0.377 e. The van der Waals surface area contributed by atoms with Crippen LogP contribution in [0.1, 0.15) is 41.7 Å². The molecule has 1 saturated heterocycles. The first kappa shape index (κ1) is 20.8. The summed E-state index contributed by atoms with van der Waals surface area (Å²) in [6, 6.07) is 12.9. The van der Waals surface area contributed by atoms with Crippen LogP contribution in [0.3, 0.4) is 0 Å². The number of carbonyl (C=O) groups excluding carboxylic acids is 1. The lowest BCUT2D eigenvalue weighted by molar-refractivity contribution is 0.0940. The van der Waals surface area contributed by atoms with Crippen LogP contribution < -0.4 is 10.0 Å². The van der Waals surface area contributed by atoms with Crippen molar-refractivity contribution in [2.24, 2.45) is 0 Å². The summed E-state index contributed by atoms with van der Waals surface area (Å²) in [5, 5.41) is 3.45. The molecule has 1 fully saturated rings. The molecule has 0 saturated carbocycles. The minimum Gasteiger partial charge on any atom is -0.377 e. The molecular formula is C20H23ClN2O4S. The lowest BCUT2D eigenvalue weighted by Crippen LogP contribution is -2.32. The van der Waals surface area contributed by atoms with Gasteiger partial charge in [0.25, 0.3) is 5.91 Å². The van der Waals surface area contributed by atoms with Gasteiger partial charge in [0.1, 0.15) is 0 Å². The van der Waals surface area contributed by atoms with Crippen LogP contribution in [0.15, 0.2) is 53.4 Å². The topological polar surface area (TPSA) is 84.5 Å². The van der Waals surface area contributed by atoms with Crippen LogP contribution >= 0.6 is 11.6 Å². The number of ether oxygens (including phenoxy) is 1. The molecule has 0 bridgehead atoms. The Balaban J connectivity index is 1.62. The summed E-state index contributed by atoms with van der Waals surface area (Å²) in [4.78, 5) is 12.6. The second-order valence-electron chi connectivity index (χ2n) is 6.73. The molecule has 2 aromatic carbocycles. The van der Waals surface area contributed by atoms with Gasteiger partial charge in [-0.3, -0.25) is 4.79 Å². The predicted molar refractivity (Wildman–Crippen MR) is 108 cm³/mol. The first-order valence-electron chi connectivity index (χ1n) is 9.13. The summed E-state index contributed by atoms with van der Waals surface area (Å²) in [5.74, 6) is -0.302. The highest BCUT2D eigenvalue weighted by molar-refractivity contribution is 7.89. The highest BCUT2D eigenvalue weighted by Crippen LogP contribution is 2.22. The number of benzene rings is 2. The lowest BCUT2D eigenvalue weighted by Gasteiger charge is -2.16. The van der Waals surface area contributed by atoms with Crippen molar-refractivity contribution in [2.75, 3.05) is 13.2 Å². The molecule has 2 aromatic rings. The van der Waals surface area contributed by atoms with Crippen molar-refractivity contribution in [3.05, 3.63) is 64.7 Å². The van der Waals surface area contributed by atoms with Gasteiger partial charge in [-0.1, -0.05) is 29.8 Å². The zero-order chi connectivity index (χ0) is 20.1. The summed E-state index contributed by atoms with van der Waals surface area (Å²) < 4.78 is 32.8. The van der Waals surface area contributed by atoms with Gasteiger partial charge in [-0.05, 0) is 55.7 Å². The summed E-state index contributed by atoms with van der Waals surface area (Å²) >= 11 is 6.16. The SMILES string of the molecule is C[C@H](NC(=O)c1ccc(S(=O)(=O)NC[C@H]2CCCO2)cc1)c1ccccc1Cl. The van der Waals surface area contributed by atoms with Crippen LogP contribution in [0.2, 0.25) is 5.02 Å². The van der Waals surface area contributed by atoms with Crippen molar-refractivity contribution in [2.45, 2.75) is 36.8 Å². The molecule has 1 heterocycles. The summed E-state index contributed by atoms with van der Waals surface area (Å²) in [6.45, 7) is 2.76. The Morgan fingerprint density at radius 3 is 2.57 bits per heavy atom. The maximum absolute atomic E-state index is 12.5. The molecule has 1 aliphatic heterocycles. The Morgan fingerprint density at radius 1 is 1.21 bits per heavy atom. The Labute approximate surface area is 170 Å². The third-order valence-electron chi connectivity index (χ3n) is 4.67. The summed E-state index contributed by atoms with van der Waals surface area (Å²) in [6.07, 6.45) is 1.72. The van der Waals surface area contributed by atoms with Gasteiger partial charge in [0, 0.05) is 23.7 Å². The molecule has 28 heavy (non-hydrogen) atoms. The maximum atomic E-state index is 12.5. The number of sulfonamides is 1. The van der Waals surface area contributed by atoms with E-state index in [1.54, 1.807) is 6.07 Å². The molecule has 0 radical (unpaired) electrons. The number of rotatable bonds is 7. The van der Waals surface area contributed by atoms with Crippen molar-refractivity contribution in [1.82, 2.24) is 10.0 Å². The van der Waals surface area contributed by atoms with Crippen molar-refractivity contribution in [3.8, 4) is 0 Å². The molecule has 2 atom stereocenters. The van der Waals surface area contributed by atoms with Gasteiger partial charge in [0.15, 0.2) is 0 Å². The summed E-state index contributed by atoms with van der Waals surface area (Å²) in [7, 11) is -3.64. The van der Waals surface area contributed by atoms with E-state index in [1.165, 1.54) is 24.3 Å². The van der Waals surface area contributed by atoms with Crippen LogP contribution in [0, 0.1) is 0 Å². The van der Waals surface area contributed by atoms with E-state index in [4.69, 9.17) is 16.3 Å². The van der Waals surface area contributed by atoms with Crippen molar-refractivity contribution >= 4 is 27.5 Å². The Bertz CT molecular complexity index is 925. The van der Waals surface area contributed by atoms with Gasteiger partial charge in [0.2, 0.25) is 10.0 Å². The molecule has 8 heteroatoms. The van der Waals surface area contributed by atoms with E-state index in [-0.39, 0.29) is 29.5 Å². The second-order valence-corrected chi connectivity index (χ2v) is 8.90. The molecule has 1 amide bonds. The second kappa shape index (κ2) is 9.05. The number of hydrogen-bond donors (Lipinski definition) is 2. The molecule has 2 N–H and O–H groups in total. The van der Waals surface area contributed by atoms with E-state index in [2.05, 4.69) is 10.0 Å². The maximum Gasteiger partial charge on any atom is 0.251 e. The number of amides is 1. The molecule has 150 valence electrons. The van der Waals surface area contributed by atoms with Gasteiger partial charge >= 0.3 is 0 Å². The number of halogens is 1. The third kappa shape index (κ3) is 5.11. The predicted octanol–water partition coefficient (Wildman–Crippen LogP) is 3.29.